The summed E-state index contributed by atoms with van der Waals surface area (Å²) >= 11 is 0. The molecule has 0 radical (unpaired) electrons. The lowest BCUT2D eigenvalue weighted by atomic mass is 10.1. The molecule has 28 heavy (non-hydrogen) atoms. The van der Waals surface area contributed by atoms with Crippen LogP contribution in [0.5, 0.6) is 0 Å². The second-order valence-corrected chi connectivity index (χ2v) is 7.79. The Hall–Kier alpha value is -2.25. The Balaban J connectivity index is 1.35. The fraction of sp³-hybridized carbons (Fsp3) is 0.524. The Morgan fingerprint density at radius 2 is 1.57 bits per heavy atom. The molecule has 2 aliphatic heterocycles. The van der Waals surface area contributed by atoms with Crippen LogP contribution in [0.1, 0.15) is 30.5 Å². The van der Waals surface area contributed by atoms with Gasteiger partial charge in [-0.3, -0.25) is 19.6 Å². The highest BCUT2D eigenvalue weighted by Crippen LogP contribution is 2.15. The van der Waals surface area contributed by atoms with Gasteiger partial charge in [0, 0.05) is 45.3 Å². The van der Waals surface area contributed by atoms with Gasteiger partial charge in [-0.25, -0.2) is 9.37 Å². The van der Waals surface area contributed by atoms with E-state index < -0.39 is 0 Å². The maximum atomic E-state index is 13.1. The molecule has 7 heteroatoms. The number of halogens is 1. The van der Waals surface area contributed by atoms with Crippen molar-refractivity contribution in [3.05, 3.63) is 57.8 Å². The lowest BCUT2D eigenvalue weighted by molar-refractivity contribution is 0.218. The molecule has 0 atom stereocenters. The van der Waals surface area contributed by atoms with E-state index in [-0.39, 0.29) is 11.4 Å². The summed E-state index contributed by atoms with van der Waals surface area (Å²) in [4.78, 5) is 26.7. The third kappa shape index (κ3) is 4.97. The summed E-state index contributed by atoms with van der Waals surface area (Å²) in [7, 11) is 0. The number of nitrogens with one attached hydrogen (secondary N) is 1. The van der Waals surface area contributed by atoms with Gasteiger partial charge in [0.2, 0.25) is 5.95 Å². The van der Waals surface area contributed by atoms with Crippen LogP contribution in [-0.2, 0) is 13.1 Å². The van der Waals surface area contributed by atoms with Gasteiger partial charge in [-0.2, -0.15) is 0 Å². The fourth-order valence-corrected chi connectivity index (χ4v) is 4.04. The van der Waals surface area contributed by atoms with Crippen molar-refractivity contribution in [2.75, 3.05) is 44.2 Å². The monoisotopic (exact) mass is 385 g/mol. The molecule has 2 fully saturated rings. The number of rotatable bonds is 5. The van der Waals surface area contributed by atoms with E-state index in [2.05, 4.69) is 19.7 Å². The third-order valence-electron chi connectivity index (χ3n) is 5.61. The molecule has 1 aromatic carbocycles. The second kappa shape index (κ2) is 8.84. The summed E-state index contributed by atoms with van der Waals surface area (Å²) in [6.07, 6.45) is 3.75. The standard InChI is InChI=1S/C21H28FN5O/c22-18-6-4-17(5-7-18)15-26-10-12-27(13-11-26)21-23-19(14-20(28)24-21)16-25-8-2-1-3-9-25/h4-7,14H,1-3,8-13,15-16H2,(H,23,24,28). The van der Waals surface area contributed by atoms with E-state index in [0.29, 0.717) is 5.95 Å². The molecule has 0 spiro atoms. The molecule has 4 rings (SSSR count). The van der Waals surface area contributed by atoms with Crippen molar-refractivity contribution in [3.8, 4) is 0 Å². The first-order valence-corrected chi connectivity index (χ1v) is 10.2. The van der Waals surface area contributed by atoms with Crippen molar-refractivity contribution >= 4 is 5.95 Å². The van der Waals surface area contributed by atoms with E-state index in [1.807, 2.05) is 12.1 Å². The average Bonchev–Trinajstić information content (AvgIpc) is 2.71. The molecule has 2 aliphatic rings. The number of piperidine rings is 1. The molecule has 1 N–H and O–H groups in total. The van der Waals surface area contributed by atoms with Crippen LogP contribution in [0.15, 0.2) is 35.1 Å². The van der Waals surface area contributed by atoms with Crippen molar-refractivity contribution in [1.82, 2.24) is 19.8 Å². The summed E-state index contributed by atoms with van der Waals surface area (Å²) in [5.41, 5.74) is 1.89. The number of piperazine rings is 1. The van der Waals surface area contributed by atoms with Gasteiger partial charge < -0.3 is 4.90 Å². The molecule has 6 nitrogen and oxygen atoms in total. The normalized spacial score (nSPS) is 19.1. The number of H-pyrrole nitrogens is 1. The Morgan fingerprint density at radius 1 is 0.893 bits per heavy atom. The highest BCUT2D eigenvalue weighted by Gasteiger charge is 2.20. The van der Waals surface area contributed by atoms with Crippen LogP contribution >= 0.6 is 0 Å². The van der Waals surface area contributed by atoms with Gasteiger partial charge in [-0.1, -0.05) is 18.6 Å². The van der Waals surface area contributed by atoms with E-state index in [1.165, 1.54) is 31.4 Å². The van der Waals surface area contributed by atoms with E-state index in [1.54, 1.807) is 6.07 Å². The Kier molecular flexibility index (Phi) is 6.02. The molecule has 0 aliphatic carbocycles. The smallest absolute Gasteiger partial charge is 0.252 e. The van der Waals surface area contributed by atoms with Crippen LogP contribution in [0.25, 0.3) is 0 Å². The van der Waals surface area contributed by atoms with Crippen molar-refractivity contribution < 1.29 is 4.39 Å². The van der Waals surface area contributed by atoms with Crippen LogP contribution in [0.4, 0.5) is 10.3 Å². The molecule has 2 aromatic rings. The van der Waals surface area contributed by atoms with Crippen LogP contribution < -0.4 is 10.5 Å². The van der Waals surface area contributed by atoms with Gasteiger partial charge in [0.15, 0.2) is 0 Å². The molecule has 0 amide bonds. The number of hydrogen-bond acceptors (Lipinski definition) is 5. The molecule has 1 aromatic heterocycles. The number of likely N-dealkylation sites (tertiary alicyclic amines) is 1. The number of aromatic amines is 1. The molecular formula is C21H28FN5O. The number of anilines is 1. The minimum atomic E-state index is -0.201. The maximum absolute atomic E-state index is 13.1. The summed E-state index contributed by atoms with van der Waals surface area (Å²) in [6, 6.07) is 8.32. The van der Waals surface area contributed by atoms with Crippen molar-refractivity contribution in [2.45, 2.75) is 32.4 Å². The van der Waals surface area contributed by atoms with Crippen molar-refractivity contribution in [3.63, 3.8) is 0 Å². The molecule has 0 bridgehead atoms. The first-order valence-electron chi connectivity index (χ1n) is 10.2. The predicted octanol–water partition coefficient (Wildman–Crippen LogP) is 2.22. The van der Waals surface area contributed by atoms with E-state index >= 15 is 0 Å². The van der Waals surface area contributed by atoms with Crippen LogP contribution in [-0.4, -0.2) is 59.0 Å². The zero-order chi connectivity index (χ0) is 19.3. The highest BCUT2D eigenvalue weighted by molar-refractivity contribution is 5.31. The summed E-state index contributed by atoms with van der Waals surface area (Å²) < 4.78 is 13.1. The first-order chi connectivity index (χ1) is 13.7. The number of aromatic nitrogens is 2. The van der Waals surface area contributed by atoms with Crippen LogP contribution in [0.2, 0.25) is 0 Å². The highest BCUT2D eigenvalue weighted by atomic mass is 19.1. The van der Waals surface area contributed by atoms with Crippen molar-refractivity contribution in [2.24, 2.45) is 0 Å². The van der Waals surface area contributed by atoms with Gasteiger partial charge in [0.25, 0.3) is 5.56 Å². The second-order valence-electron chi connectivity index (χ2n) is 7.79. The molecule has 150 valence electrons. The SMILES string of the molecule is O=c1cc(CN2CCCCC2)nc(N2CCN(Cc3ccc(F)cc3)CC2)[nH]1. The zero-order valence-corrected chi connectivity index (χ0v) is 16.2. The minimum Gasteiger partial charge on any atom is -0.340 e. The van der Waals surface area contributed by atoms with Crippen LogP contribution in [0.3, 0.4) is 0 Å². The summed E-state index contributed by atoms with van der Waals surface area (Å²) in [6.45, 7) is 7.15. The van der Waals surface area contributed by atoms with Gasteiger partial charge in [0.05, 0.1) is 5.69 Å². The third-order valence-corrected chi connectivity index (χ3v) is 5.61. The summed E-state index contributed by atoms with van der Waals surface area (Å²) in [5.74, 6) is 0.481. The number of benzene rings is 1. The van der Waals surface area contributed by atoms with Gasteiger partial charge >= 0.3 is 0 Å². The van der Waals surface area contributed by atoms with E-state index in [4.69, 9.17) is 4.98 Å². The predicted molar refractivity (Wildman–Crippen MR) is 108 cm³/mol. The van der Waals surface area contributed by atoms with E-state index in [9.17, 15) is 9.18 Å². The van der Waals surface area contributed by atoms with Crippen LogP contribution in [0, 0.1) is 5.82 Å². The lowest BCUT2D eigenvalue weighted by Gasteiger charge is -2.35. The van der Waals surface area contributed by atoms with E-state index in [0.717, 1.165) is 63.6 Å². The van der Waals surface area contributed by atoms with Gasteiger partial charge in [0.1, 0.15) is 5.82 Å². The quantitative estimate of drug-likeness (QED) is 0.855. The van der Waals surface area contributed by atoms with Gasteiger partial charge in [-0.05, 0) is 43.6 Å². The lowest BCUT2D eigenvalue weighted by Crippen LogP contribution is -2.47. The fourth-order valence-electron chi connectivity index (χ4n) is 4.04. The number of hydrogen-bond donors (Lipinski definition) is 1. The Bertz CT molecular complexity index is 823. The molecule has 2 saturated heterocycles. The molecular weight excluding hydrogens is 357 g/mol. The summed E-state index contributed by atoms with van der Waals surface area (Å²) in [5, 5.41) is 0. The van der Waals surface area contributed by atoms with Crippen molar-refractivity contribution in [1.29, 1.82) is 0 Å². The van der Waals surface area contributed by atoms with Gasteiger partial charge in [-0.15, -0.1) is 0 Å². The minimum absolute atomic E-state index is 0.0780. The molecule has 3 heterocycles. The average molecular weight is 385 g/mol. The molecule has 0 unspecified atom stereocenters. The maximum Gasteiger partial charge on any atom is 0.252 e. The largest absolute Gasteiger partial charge is 0.340 e. The number of nitrogens with zero attached hydrogens (tertiary/aromatic N) is 4. The zero-order valence-electron chi connectivity index (χ0n) is 16.2. The Morgan fingerprint density at radius 3 is 2.29 bits per heavy atom. The topological polar surface area (TPSA) is 55.5 Å². The first kappa shape index (κ1) is 19.1. The molecule has 0 saturated carbocycles. The Labute approximate surface area is 165 Å².